The molecule has 0 radical (unpaired) electrons. The minimum Gasteiger partial charge on any atom is -0.273 e. The van der Waals surface area contributed by atoms with Crippen LogP contribution in [0.1, 0.15) is 30.9 Å². The first-order chi connectivity index (χ1) is 10.1. The number of nitrogens with zero attached hydrogens (tertiary/aromatic N) is 1. The van der Waals surface area contributed by atoms with Crippen LogP contribution in [0.5, 0.6) is 0 Å². The molecule has 2 aromatic rings. The number of benzene rings is 2. The number of rotatable bonds is 2. The quantitative estimate of drug-likeness (QED) is 0.899. The maximum Gasteiger partial charge on any atom is 0.246 e. The fraction of sp³-hybridized carbons (Fsp3) is 0.222. The molecule has 3 nitrogen and oxygen atoms in total. The van der Waals surface area contributed by atoms with Gasteiger partial charge in [-0.05, 0) is 25.0 Å². The maximum atomic E-state index is 12.3. The lowest BCUT2D eigenvalue weighted by Gasteiger charge is -2.37. The molecule has 106 valence electrons. The van der Waals surface area contributed by atoms with E-state index in [0.29, 0.717) is 0 Å². The van der Waals surface area contributed by atoms with Crippen molar-refractivity contribution in [3.05, 3.63) is 71.8 Å². The summed E-state index contributed by atoms with van der Waals surface area (Å²) in [5.41, 5.74) is 5.18. The Morgan fingerprint density at radius 3 is 2.14 bits per heavy atom. The van der Waals surface area contributed by atoms with Crippen LogP contribution in [-0.4, -0.2) is 11.6 Å². The molecular formula is C18H18N2O. The molecule has 1 aliphatic heterocycles. The van der Waals surface area contributed by atoms with Crippen molar-refractivity contribution >= 4 is 11.6 Å². The van der Waals surface area contributed by atoms with E-state index in [-0.39, 0.29) is 11.8 Å². The summed E-state index contributed by atoms with van der Waals surface area (Å²) < 4.78 is 0. The van der Waals surface area contributed by atoms with E-state index in [1.165, 1.54) is 0 Å². The van der Waals surface area contributed by atoms with Crippen molar-refractivity contribution in [2.24, 2.45) is 10.5 Å². The van der Waals surface area contributed by atoms with Crippen LogP contribution in [0.3, 0.4) is 0 Å². The Balaban J connectivity index is 2.15. The molecular weight excluding hydrogens is 260 g/mol. The SMILES string of the molecule is CC1(C)C(=O)NN=C(c2ccccc2)C1c1ccccc1. The van der Waals surface area contributed by atoms with Gasteiger partial charge in [0.1, 0.15) is 0 Å². The molecule has 3 heteroatoms. The molecule has 0 aromatic heterocycles. The van der Waals surface area contributed by atoms with Crippen molar-refractivity contribution in [3.8, 4) is 0 Å². The Morgan fingerprint density at radius 2 is 1.52 bits per heavy atom. The zero-order chi connectivity index (χ0) is 14.9. The van der Waals surface area contributed by atoms with Gasteiger partial charge in [-0.15, -0.1) is 0 Å². The van der Waals surface area contributed by atoms with Crippen LogP contribution in [0, 0.1) is 5.41 Å². The van der Waals surface area contributed by atoms with E-state index >= 15 is 0 Å². The van der Waals surface area contributed by atoms with Crippen LogP contribution >= 0.6 is 0 Å². The highest BCUT2D eigenvalue weighted by molar-refractivity contribution is 6.10. The maximum absolute atomic E-state index is 12.3. The summed E-state index contributed by atoms with van der Waals surface area (Å²) >= 11 is 0. The van der Waals surface area contributed by atoms with Gasteiger partial charge in [0.2, 0.25) is 5.91 Å². The molecule has 0 bridgehead atoms. The number of carbonyl (C=O) groups excluding carboxylic acids is 1. The van der Waals surface area contributed by atoms with Crippen molar-refractivity contribution in [2.75, 3.05) is 0 Å². The van der Waals surface area contributed by atoms with Gasteiger partial charge in [0.15, 0.2) is 0 Å². The average Bonchev–Trinajstić information content (AvgIpc) is 2.51. The smallest absolute Gasteiger partial charge is 0.246 e. The molecule has 3 rings (SSSR count). The van der Waals surface area contributed by atoms with Crippen LogP contribution in [0.25, 0.3) is 0 Å². The third kappa shape index (κ3) is 2.35. The summed E-state index contributed by atoms with van der Waals surface area (Å²) in [4.78, 5) is 12.3. The molecule has 1 atom stereocenters. The van der Waals surface area contributed by atoms with Gasteiger partial charge >= 0.3 is 0 Å². The third-order valence-corrected chi connectivity index (χ3v) is 4.06. The predicted octanol–water partition coefficient (Wildman–Crippen LogP) is 3.33. The average molecular weight is 278 g/mol. The minimum atomic E-state index is -0.547. The second-order valence-corrected chi connectivity index (χ2v) is 5.87. The molecule has 0 spiro atoms. The van der Waals surface area contributed by atoms with Crippen molar-refractivity contribution in [3.63, 3.8) is 0 Å². The molecule has 21 heavy (non-hydrogen) atoms. The van der Waals surface area contributed by atoms with Crippen molar-refractivity contribution in [1.29, 1.82) is 0 Å². The van der Waals surface area contributed by atoms with Gasteiger partial charge in [-0.2, -0.15) is 5.10 Å². The van der Waals surface area contributed by atoms with Gasteiger partial charge in [-0.25, -0.2) is 5.43 Å². The molecule has 1 aliphatic rings. The number of amides is 1. The zero-order valence-electron chi connectivity index (χ0n) is 12.2. The van der Waals surface area contributed by atoms with Crippen LogP contribution < -0.4 is 5.43 Å². The van der Waals surface area contributed by atoms with E-state index in [2.05, 4.69) is 22.7 Å². The fourth-order valence-corrected chi connectivity index (χ4v) is 2.85. The van der Waals surface area contributed by atoms with Gasteiger partial charge in [-0.3, -0.25) is 4.79 Å². The zero-order valence-corrected chi connectivity index (χ0v) is 12.2. The molecule has 2 aromatic carbocycles. The number of hydrogen-bond acceptors (Lipinski definition) is 2. The molecule has 0 aliphatic carbocycles. The summed E-state index contributed by atoms with van der Waals surface area (Å²) in [6.45, 7) is 3.94. The molecule has 0 fully saturated rings. The lowest BCUT2D eigenvalue weighted by molar-refractivity contribution is -0.130. The van der Waals surface area contributed by atoms with Gasteiger partial charge in [0.25, 0.3) is 0 Å². The Labute approximate surface area is 124 Å². The lowest BCUT2D eigenvalue weighted by atomic mass is 9.69. The minimum absolute atomic E-state index is 0.0453. The second kappa shape index (κ2) is 5.17. The summed E-state index contributed by atoms with van der Waals surface area (Å²) in [6, 6.07) is 20.1. The van der Waals surface area contributed by atoms with Gasteiger partial charge in [0, 0.05) is 5.92 Å². The topological polar surface area (TPSA) is 41.5 Å². The normalized spacial score (nSPS) is 20.6. The van der Waals surface area contributed by atoms with E-state index in [1.807, 2.05) is 62.4 Å². The van der Waals surface area contributed by atoms with E-state index in [9.17, 15) is 4.79 Å². The Morgan fingerprint density at radius 1 is 0.952 bits per heavy atom. The van der Waals surface area contributed by atoms with E-state index in [0.717, 1.165) is 16.8 Å². The summed E-state index contributed by atoms with van der Waals surface area (Å²) in [6.07, 6.45) is 0. The Bertz CT molecular complexity index is 675. The molecule has 1 heterocycles. The van der Waals surface area contributed by atoms with Crippen LogP contribution in [0.2, 0.25) is 0 Å². The van der Waals surface area contributed by atoms with Crippen LogP contribution in [0.15, 0.2) is 65.8 Å². The Kier molecular flexibility index (Phi) is 3.34. The number of nitrogens with one attached hydrogen (secondary N) is 1. The molecule has 1 N–H and O–H groups in total. The first kappa shape index (κ1) is 13.6. The highest BCUT2D eigenvalue weighted by Crippen LogP contribution is 2.40. The van der Waals surface area contributed by atoms with E-state index in [4.69, 9.17) is 0 Å². The van der Waals surface area contributed by atoms with Gasteiger partial charge < -0.3 is 0 Å². The van der Waals surface area contributed by atoms with E-state index in [1.54, 1.807) is 0 Å². The first-order valence-corrected chi connectivity index (χ1v) is 7.09. The molecule has 1 unspecified atom stereocenters. The molecule has 1 amide bonds. The Hall–Kier alpha value is -2.42. The van der Waals surface area contributed by atoms with Crippen molar-refractivity contribution in [1.82, 2.24) is 5.43 Å². The second-order valence-electron chi connectivity index (χ2n) is 5.87. The standard InChI is InChI=1S/C18H18N2O/c1-18(2)15(13-9-5-3-6-10-13)16(19-20-17(18)21)14-11-7-4-8-12-14/h3-12,15H,1-2H3,(H,20,21). The number of hydrazone groups is 1. The van der Waals surface area contributed by atoms with Crippen LogP contribution in [0.4, 0.5) is 0 Å². The summed E-state index contributed by atoms with van der Waals surface area (Å²) in [5.74, 6) is -0.106. The summed E-state index contributed by atoms with van der Waals surface area (Å²) in [7, 11) is 0. The highest BCUT2D eigenvalue weighted by atomic mass is 16.2. The number of carbonyl (C=O) groups is 1. The number of hydrogen-bond donors (Lipinski definition) is 1. The van der Waals surface area contributed by atoms with E-state index < -0.39 is 5.41 Å². The van der Waals surface area contributed by atoms with Crippen molar-refractivity contribution < 1.29 is 4.79 Å². The lowest BCUT2D eigenvalue weighted by Crippen LogP contribution is -2.47. The van der Waals surface area contributed by atoms with Gasteiger partial charge in [-0.1, -0.05) is 60.7 Å². The summed E-state index contributed by atoms with van der Waals surface area (Å²) in [5, 5.41) is 4.35. The van der Waals surface area contributed by atoms with Crippen LogP contribution in [-0.2, 0) is 4.79 Å². The largest absolute Gasteiger partial charge is 0.273 e. The molecule has 0 saturated heterocycles. The fourth-order valence-electron chi connectivity index (χ4n) is 2.85. The third-order valence-electron chi connectivity index (χ3n) is 4.06. The van der Waals surface area contributed by atoms with Crippen molar-refractivity contribution in [2.45, 2.75) is 19.8 Å². The molecule has 0 saturated carbocycles. The highest BCUT2D eigenvalue weighted by Gasteiger charge is 2.44. The predicted molar refractivity (Wildman–Crippen MR) is 84.1 cm³/mol. The monoisotopic (exact) mass is 278 g/mol. The first-order valence-electron chi connectivity index (χ1n) is 7.09. The van der Waals surface area contributed by atoms with Gasteiger partial charge in [0.05, 0.1) is 11.1 Å².